The molecule has 0 saturated carbocycles. The molecule has 0 aliphatic rings. The normalized spacial score (nSPS) is 11.8. The van der Waals surface area contributed by atoms with Crippen molar-refractivity contribution in [2.45, 2.75) is 13.0 Å². The maximum absolute atomic E-state index is 12.8. The summed E-state index contributed by atoms with van der Waals surface area (Å²) in [5.41, 5.74) is 3.19. The van der Waals surface area contributed by atoms with E-state index in [2.05, 4.69) is 5.32 Å². The molecule has 5 heteroatoms. The Morgan fingerprint density at radius 2 is 1.70 bits per heavy atom. The van der Waals surface area contributed by atoms with Crippen LogP contribution in [0.4, 0.5) is 0 Å². The van der Waals surface area contributed by atoms with Gasteiger partial charge in [-0.3, -0.25) is 4.79 Å². The van der Waals surface area contributed by atoms with Crippen LogP contribution in [0.5, 0.6) is 0 Å². The molecular weight excluding hydrogens is 398 g/mol. The number of esters is 1. The third kappa shape index (κ3) is 5.82. The fourth-order valence-electron chi connectivity index (χ4n) is 3.02. The minimum Gasteiger partial charge on any atom is -0.463 e. The smallest absolute Gasteiger partial charge is 0.330 e. The molecule has 0 spiro atoms. The molecule has 0 fully saturated rings. The Morgan fingerprint density at radius 3 is 2.40 bits per heavy atom. The summed E-state index contributed by atoms with van der Waals surface area (Å²) in [6.07, 6.45) is 3.09. The lowest BCUT2D eigenvalue weighted by molar-refractivity contribution is -0.137. The second-order valence-electron chi connectivity index (χ2n) is 6.58. The third-order valence-electron chi connectivity index (χ3n) is 4.46. The van der Waals surface area contributed by atoms with Gasteiger partial charge in [0.25, 0.3) is 5.91 Å². The van der Waals surface area contributed by atoms with Crippen molar-refractivity contribution in [1.29, 1.82) is 0 Å². The maximum atomic E-state index is 12.8. The Morgan fingerprint density at radius 1 is 0.967 bits per heavy atom. The van der Waals surface area contributed by atoms with Crippen molar-refractivity contribution in [3.8, 4) is 0 Å². The van der Waals surface area contributed by atoms with E-state index in [1.165, 1.54) is 6.08 Å². The summed E-state index contributed by atoms with van der Waals surface area (Å²) in [4.78, 5) is 24.4. The van der Waals surface area contributed by atoms with E-state index in [1.807, 2.05) is 54.6 Å². The van der Waals surface area contributed by atoms with E-state index in [1.54, 1.807) is 37.3 Å². The second-order valence-corrected chi connectivity index (χ2v) is 7.02. The standard InChI is InChI=1S/C25H22ClNO3/c1-2-30-23(28)16-11-18-7-6-10-21(17-18)24(19-12-14-22(26)15-13-19)27-25(29)20-8-4-3-5-9-20/h3-17,24H,2H2,1H3,(H,27,29)/b16-11+. The van der Waals surface area contributed by atoms with Crippen LogP contribution < -0.4 is 5.32 Å². The van der Waals surface area contributed by atoms with Crippen molar-refractivity contribution in [2.24, 2.45) is 0 Å². The van der Waals surface area contributed by atoms with Crippen molar-refractivity contribution >= 4 is 29.6 Å². The molecule has 3 aromatic carbocycles. The van der Waals surface area contributed by atoms with Crippen LogP contribution >= 0.6 is 11.6 Å². The van der Waals surface area contributed by atoms with Crippen LogP contribution in [-0.2, 0) is 9.53 Å². The quantitative estimate of drug-likeness (QED) is 0.410. The molecule has 1 unspecified atom stereocenters. The lowest BCUT2D eigenvalue weighted by Gasteiger charge is -2.20. The molecule has 3 aromatic rings. The van der Waals surface area contributed by atoms with E-state index in [0.29, 0.717) is 17.2 Å². The highest BCUT2D eigenvalue weighted by atomic mass is 35.5. The van der Waals surface area contributed by atoms with Gasteiger partial charge in [-0.25, -0.2) is 4.79 Å². The Labute approximate surface area is 181 Å². The minimum absolute atomic E-state index is 0.178. The minimum atomic E-state index is -0.394. The molecular formula is C25H22ClNO3. The van der Waals surface area contributed by atoms with E-state index >= 15 is 0 Å². The molecule has 30 heavy (non-hydrogen) atoms. The van der Waals surface area contributed by atoms with E-state index < -0.39 is 5.97 Å². The van der Waals surface area contributed by atoms with E-state index in [-0.39, 0.29) is 11.9 Å². The van der Waals surface area contributed by atoms with Crippen molar-refractivity contribution in [1.82, 2.24) is 5.32 Å². The van der Waals surface area contributed by atoms with Gasteiger partial charge in [-0.15, -0.1) is 0 Å². The summed E-state index contributed by atoms with van der Waals surface area (Å²) in [5, 5.41) is 3.72. The average Bonchev–Trinajstić information content (AvgIpc) is 2.78. The first-order valence-corrected chi connectivity index (χ1v) is 10.0. The average molecular weight is 420 g/mol. The third-order valence-corrected chi connectivity index (χ3v) is 4.71. The van der Waals surface area contributed by atoms with Crippen molar-refractivity contribution in [3.05, 3.63) is 112 Å². The topological polar surface area (TPSA) is 55.4 Å². The fourth-order valence-corrected chi connectivity index (χ4v) is 3.14. The highest BCUT2D eigenvalue weighted by Gasteiger charge is 2.18. The molecule has 0 aliphatic carbocycles. The van der Waals surface area contributed by atoms with Gasteiger partial charge in [-0.05, 0) is 60.0 Å². The maximum Gasteiger partial charge on any atom is 0.330 e. The zero-order chi connectivity index (χ0) is 21.3. The zero-order valence-electron chi connectivity index (χ0n) is 16.5. The van der Waals surface area contributed by atoms with Gasteiger partial charge >= 0.3 is 5.97 Å². The van der Waals surface area contributed by atoms with Gasteiger partial charge in [-0.2, -0.15) is 0 Å². The molecule has 0 aromatic heterocycles. The summed E-state index contributed by atoms with van der Waals surface area (Å²) in [5.74, 6) is -0.572. The number of carbonyl (C=O) groups is 2. The molecule has 0 bridgehead atoms. The van der Waals surface area contributed by atoms with Crippen LogP contribution in [0.25, 0.3) is 6.08 Å². The molecule has 0 saturated heterocycles. The van der Waals surface area contributed by atoms with Gasteiger partial charge in [0.15, 0.2) is 0 Å². The number of amides is 1. The molecule has 1 amide bonds. The molecule has 0 aliphatic heterocycles. The summed E-state index contributed by atoms with van der Waals surface area (Å²) in [6.45, 7) is 2.09. The lowest BCUT2D eigenvalue weighted by atomic mass is 9.96. The second kappa shape index (κ2) is 10.4. The molecule has 152 valence electrons. The number of hydrogen-bond acceptors (Lipinski definition) is 3. The predicted molar refractivity (Wildman–Crippen MR) is 119 cm³/mol. The first kappa shape index (κ1) is 21.3. The zero-order valence-corrected chi connectivity index (χ0v) is 17.3. The Balaban J connectivity index is 1.92. The SMILES string of the molecule is CCOC(=O)/C=C/c1cccc(C(NC(=O)c2ccccc2)c2ccc(Cl)cc2)c1. The molecule has 0 radical (unpaired) electrons. The highest BCUT2D eigenvalue weighted by Crippen LogP contribution is 2.25. The van der Waals surface area contributed by atoms with Crippen molar-refractivity contribution in [3.63, 3.8) is 0 Å². The van der Waals surface area contributed by atoms with Crippen LogP contribution in [-0.4, -0.2) is 18.5 Å². The van der Waals surface area contributed by atoms with E-state index in [0.717, 1.165) is 16.7 Å². The largest absolute Gasteiger partial charge is 0.463 e. The number of hydrogen-bond donors (Lipinski definition) is 1. The summed E-state index contributed by atoms with van der Waals surface area (Å²) >= 11 is 6.05. The van der Waals surface area contributed by atoms with Crippen molar-refractivity contribution in [2.75, 3.05) is 6.61 Å². The number of halogens is 1. The molecule has 1 atom stereocenters. The van der Waals surface area contributed by atoms with Gasteiger partial charge in [0.2, 0.25) is 0 Å². The number of benzene rings is 3. The molecule has 0 heterocycles. The lowest BCUT2D eigenvalue weighted by Crippen LogP contribution is -2.29. The van der Waals surface area contributed by atoms with Crippen LogP contribution in [0.3, 0.4) is 0 Å². The summed E-state index contributed by atoms with van der Waals surface area (Å²) in [7, 11) is 0. The van der Waals surface area contributed by atoms with Gasteiger partial charge in [0.1, 0.15) is 0 Å². The van der Waals surface area contributed by atoms with Gasteiger partial charge in [0, 0.05) is 16.7 Å². The summed E-state index contributed by atoms with van der Waals surface area (Å²) < 4.78 is 4.93. The van der Waals surface area contributed by atoms with Crippen LogP contribution in [0.15, 0.2) is 84.9 Å². The van der Waals surface area contributed by atoms with Crippen molar-refractivity contribution < 1.29 is 14.3 Å². The van der Waals surface area contributed by atoms with Gasteiger partial charge in [0.05, 0.1) is 12.6 Å². The number of rotatable bonds is 7. The summed E-state index contributed by atoms with van der Waals surface area (Å²) in [6, 6.07) is 23.7. The van der Waals surface area contributed by atoms with Gasteiger partial charge in [-0.1, -0.05) is 60.1 Å². The molecule has 1 N–H and O–H groups in total. The molecule has 4 nitrogen and oxygen atoms in total. The van der Waals surface area contributed by atoms with E-state index in [9.17, 15) is 9.59 Å². The highest BCUT2D eigenvalue weighted by molar-refractivity contribution is 6.30. The van der Waals surface area contributed by atoms with E-state index in [4.69, 9.17) is 16.3 Å². The first-order chi connectivity index (χ1) is 14.6. The Kier molecular flexibility index (Phi) is 7.41. The predicted octanol–water partition coefficient (Wildman–Crippen LogP) is 5.44. The van der Waals surface area contributed by atoms with Crippen LogP contribution in [0.2, 0.25) is 5.02 Å². The number of nitrogens with one attached hydrogen (secondary N) is 1. The molecule has 3 rings (SSSR count). The Hall–Kier alpha value is -3.37. The van der Waals surface area contributed by atoms with Crippen LogP contribution in [0, 0.1) is 0 Å². The fraction of sp³-hybridized carbons (Fsp3) is 0.120. The Bertz CT molecular complexity index is 1030. The number of carbonyl (C=O) groups excluding carboxylic acids is 2. The van der Waals surface area contributed by atoms with Gasteiger partial charge < -0.3 is 10.1 Å². The number of ether oxygens (including phenoxy) is 1. The first-order valence-electron chi connectivity index (χ1n) is 9.63. The monoisotopic (exact) mass is 419 g/mol. The van der Waals surface area contributed by atoms with Crippen LogP contribution in [0.1, 0.15) is 40.0 Å².